The molecule has 0 aliphatic carbocycles. The van der Waals surface area contributed by atoms with Crippen LogP contribution in [0, 0.1) is 0 Å². The molecule has 2 N–H and O–H groups in total. The van der Waals surface area contributed by atoms with E-state index < -0.39 is 15.9 Å². The molecule has 3 heterocycles. The molecule has 1 aliphatic rings. The Bertz CT molecular complexity index is 861. The Kier molecular flexibility index (Phi) is 3.88. The molecule has 0 unspecified atom stereocenters. The summed E-state index contributed by atoms with van der Waals surface area (Å²) in [6, 6.07) is 3.06. The smallest absolute Gasteiger partial charge is 0.276 e. The molecule has 3 rings (SSSR count). The average molecular weight is 337 g/mol. The Morgan fingerprint density at radius 2 is 2.22 bits per heavy atom. The molecular formula is C13H15N5O4S. The van der Waals surface area contributed by atoms with Crippen molar-refractivity contribution >= 4 is 15.9 Å². The van der Waals surface area contributed by atoms with Gasteiger partial charge in [0.2, 0.25) is 0 Å². The molecule has 122 valence electrons. The highest BCUT2D eigenvalue weighted by molar-refractivity contribution is 7.89. The van der Waals surface area contributed by atoms with Crippen LogP contribution in [-0.2, 0) is 30.0 Å². The fraction of sp³-hybridized carbons (Fsp3) is 0.308. The third-order valence-corrected chi connectivity index (χ3v) is 5.68. The summed E-state index contributed by atoms with van der Waals surface area (Å²) in [7, 11) is -2.08. The van der Waals surface area contributed by atoms with Crippen LogP contribution in [0.3, 0.4) is 0 Å². The van der Waals surface area contributed by atoms with Crippen LogP contribution in [0.15, 0.2) is 29.6 Å². The van der Waals surface area contributed by atoms with Gasteiger partial charge < -0.3 is 0 Å². The van der Waals surface area contributed by atoms with Crippen LogP contribution in [0.2, 0.25) is 0 Å². The molecule has 0 saturated heterocycles. The fourth-order valence-corrected chi connectivity index (χ4v) is 4.03. The van der Waals surface area contributed by atoms with Gasteiger partial charge in [-0.15, -0.1) is 0 Å². The van der Waals surface area contributed by atoms with Gasteiger partial charge in [-0.3, -0.25) is 19.7 Å². The molecule has 1 aliphatic heterocycles. The van der Waals surface area contributed by atoms with Gasteiger partial charge in [0.25, 0.3) is 15.9 Å². The highest BCUT2D eigenvalue weighted by atomic mass is 32.2. The lowest BCUT2D eigenvalue weighted by atomic mass is 10.0. The molecular weight excluding hydrogens is 322 g/mol. The molecule has 0 radical (unpaired) electrons. The third-order valence-electron chi connectivity index (χ3n) is 3.76. The SMILES string of the molecule is Cn1nccc1S(=O)(=O)N1CCc2cc(C(=O)NO)cnc2C1. The number of pyridine rings is 1. The second-order valence-corrected chi connectivity index (χ2v) is 7.04. The predicted octanol–water partition coefficient (Wildman–Crippen LogP) is -0.319. The van der Waals surface area contributed by atoms with Gasteiger partial charge >= 0.3 is 0 Å². The zero-order chi connectivity index (χ0) is 16.6. The first-order valence-corrected chi connectivity index (χ1v) is 8.28. The van der Waals surface area contributed by atoms with Crippen LogP contribution in [0.5, 0.6) is 0 Å². The van der Waals surface area contributed by atoms with Crippen molar-refractivity contribution in [2.75, 3.05) is 6.54 Å². The van der Waals surface area contributed by atoms with Crippen LogP contribution in [-0.4, -0.2) is 45.1 Å². The summed E-state index contributed by atoms with van der Waals surface area (Å²) < 4.78 is 27.9. The van der Waals surface area contributed by atoms with Gasteiger partial charge in [-0.05, 0) is 24.1 Å². The summed E-state index contributed by atoms with van der Waals surface area (Å²) in [5.74, 6) is -0.648. The van der Waals surface area contributed by atoms with Gasteiger partial charge in [-0.25, -0.2) is 13.9 Å². The highest BCUT2D eigenvalue weighted by Crippen LogP contribution is 2.24. The molecule has 23 heavy (non-hydrogen) atoms. The minimum Gasteiger partial charge on any atom is -0.288 e. The molecule has 9 nitrogen and oxygen atoms in total. The van der Waals surface area contributed by atoms with E-state index in [9.17, 15) is 13.2 Å². The van der Waals surface area contributed by atoms with Crippen molar-refractivity contribution in [3.8, 4) is 0 Å². The van der Waals surface area contributed by atoms with E-state index in [1.165, 1.54) is 27.4 Å². The number of hydroxylamine groups is 1. The number of fused-ring (bicyclic) bond motifs is 1. The van der Waals surface area contributed by atoms with Crippen LogP contribution in [0.25, 0.3) is 0 Å². The third kappa shape index (κ3) is 2.71. The van der Waals surface area contributed by atoms with Gasteiger partial charge in [0.15, 0.2) is 5.03 Å². The summed E-state index contributed by atoms with van der Waals surface area (Å²) >= 11 is 0. The summed E-state index contributed by atoms with van der Waals surface area (Å²) in [6.45, 7) is 0.413. The quantitative estimate of drug-likeness (QED) is 0.585. The molecule has 2 aromatic rings. The van der Waals surface area contributed by atoms with E-state index in [2.05, 4.69) is 10.1 Å². The number of nitrogens with zero attached hydrogens (tertiary/aromatic N) is 4. The van der Waals surface area contributed by atoms with Gasteiger partial charge in [-0.2, -0.15) is 9.40 Å². The average Bonchev–Trinajstić information content (AvgIpc) is 3.00. The number of rotatable bonds is 3. The monoisotopic (exact) mass is 337 g/mol. The first-order valence-electron chi connectivity index (χ1n) is 6.84. The number of hydrogen-bond donors (Lipinski definition) is 2. The topological polar surface area (TPSA) is 117 Å². The second kappa shape index (κ2) is 5.72. The number of carbonyl (C=O) groups excluding carboxylic acids is 1. The van der Waals surface area contributed by atoms with Crippen LogP contribution >= 0.6 is 0 Å². The lowest BCUT2D eigenvalue weighted by Crippen LogP contribution is -2.37. The molecule has 2 aromatic heterocycles. The van der Waals surface area contributed by atoms with Gasteiger partial charge in [0, 0.05) is 19.8 Å². The van der Waals surface area contributed by atoms with Crippen molar-refractivity contribution in [3.05, 3.63) is 41.3 Å². The number of aryl methyl sites for hydroxylation is 1. The molecule has 0 bridgehead atoms. The number of sulfonamides is 1. The largest absolute Gasteiger partial charge is 0.288 e. The summed E-state index contributed by atoms with van der Waals surface area (Å²) in [4.78, 5) is 15.6. The van der Waals surface area contributed by atoms with E-state index in [-0.39, 0.29) is 23.7 Å². The van der Waals surface area contributed by atoms with E-state index in [1.54, 1.807) is 18.6 Å². The standard InChI is InChI=1S/C13H15N5O4S/c1-17-12(2-4-15-17)23(21,22)18-5-3-9-6-10(13(19)16-20)7-14-11(9)8-18/h2,4,6-7,20H,3,5,8H2,1H3,(H,16,19). The Labute approximate surface area is 132 Å². The molecule has 0 spiro atoms. The fourth-order valence-electron chi connectivity index (χ4n) is 2.53. The summed E-state index contributed by atoms with van der Waals surface area (Å²) in [5.41, 5.74) is 3.17. The van der Waals surface area contributed by atoms with Crippen LogP contribution < -0.4 is 5.48 Å². The number of nitrogens with one attached hydrogen (secondary N) is 1. The first-order chi connectivity index (χ1) is 10.9. The second-order valence-electron chi connectivity index (χ2n) is 5.15. The van der Waals surface area contributed by atoms with Crippen molar-refractivity contribution < 1.29 is 18.4 Å². The minimum atomic E-state index is -3.65. The molecule has 1 amide bonds. The molecule has 0 aromatic carbocycles. The number of amides is 1. The van der Waals surface area contributed by atoms with E-state index in [1.807, 2.05) is 0 Å². The van der Waals surface area contributed by atoms with Gasteiger partial charge in [0.05, 0.1) is 24.0 Å². The van der Waals surface area contributed by atoms with Crippen LogP contribution in [0.4, 0.5) is 0 Å². The van der Waals surface area contributed by atoms with Crippen molar-refractivity contribution in [2.24, 2.45) is 7.05 Å². The summed E-state index contributed by atoms with van der Waals surface area (Å²) in [6.07, 6.45) is 3.18. The molecule has 0 saturated carbocycles. The van der Waals surface area contributed by atoms with E-state index in [0.29, 0.717) is 12.1 Å². The van der Waals surface area contributed by atoms with Gasteiger partial charge in [0.1, 0.15) is 0 Å². The minimum absolute atomic E-state index is 0.122. The highest BCUT2D eigenvalue weighted by Gasteiger charge is 2.31. The number of carbonyl (C=O) groups is 1. The van der Waals surface area contributed by atoms with Gasteiger partial charge in [-0.1, -0.05) is 0 Å². The zero-order valence-electron chi connectivity index (χ0n) is 12.3. The first kappa shape index (κ1) is 15.6. The maximum absolute atomic E-state index is 12.6. The number of hydrogen-bond acceptors (Lipinski definition) is 6. The van der Waals surface area contributed by atoms with Crippen molar-refractivity contribution in [2.45, 2.75) is 18.0 Å². The lowest BCUT2D eigenvalue weighted by molar-refractivity contribution is 0.0705. The van der Waals surface area contributed by atoms with Crippen molar-refractivity contribution in [3.63, 3.8) is 0 Å². The maximum Gasteiger partial charge on any atom is 0.276 e. The molecule has 10 heteroatoms. The van der Waals surface area contributed by atoms with E-state index in [4.69, 9.17) is 5.21 Å². The summed E-state index contributed by atoms with van der Waals surface area (Å²) in [5, 5.41) is 12.7. The van der Waals surface area contributed by atoms with Crippen molar-refractivity contribution in [1.29, 1.82) is 0 Å². The number of aromatic nitrogens is 3. The molecule has 0 atom stereocenters. The maximum atomic E-state index is 12.6. The Balaban J connectivity index is 1.89. The lowest BCUT2D eigenvalue weighted by Gasteiger charge is -2.27. The van der Waals surface area contributed by atoms with Crippen molar-refractivity contribution in [1.82, 2.24) is 24.5 Å². The van der Waals surface area contributed by atoms with Crippen LogP contribution in [0.1, 0.15) is 21.6 Å². The Morgan fingerprint density at radius 3 is 2.87 bits per heavy atom. The Hall–Kier alpha value is -2.30. The molecule has 0 fully saturated rings. The predicted molar refractivity (Wildman–Crippen MR) is 78.0 cm³/mol. The Morgan fingerprint density at radius 1 is 1.43 bits per heavy atom. The normalized spacial score (nSPS) is 15.2. The van der Waals surface area contributed by atoms with E-state index >= 15 is 0 Å². The zero-order valence-corrected chi connectivity index (χ0v) is 13.1. The van der Waals surface area contributed by atoms with E-state index in [0.717, 1.165) is 5.56 Å².